The normalized spacial score (nSPS) is 17.8. The molecule has 1 rings (SSSR count). The minimum Gasteiger partial charge on any atom is -0.375 e. The Morgan fingerprint density at radius 2 is 2.00 bits per heavy atom. The predicted octanol–water partition coefficient (Wildman–Crippen LogP) is 1.49. The van der Waals surface area contributed by atoms with Gasteiger partial charge in [0.05, 0.1) is 25.1 Å². The standard InChI is InChI=1S/C14H23F2N3O2/c1-2-3-12(10-17)18-5-7-19(8-6-18)14(20)4-9-21-11-13(15)16/h12-13H,2-9,11H2,1H3. The van der Waals surface area contributed by atoms with Crippen LogP contribution in [0.2, 0.25) is 0 Å². The van der Waals surface area contributed by atoms with Crippen LogP contribution in [-0.4, -0.2) is 67.6 Å². The minimum absolute atomic E-state index is 0.0278. The van der Waals surface area contributed by atoms with Gasteiger partial charge < -0.3 is 9.64 Å². The molecule has 1 aliphatic rings. The molecule has 0 bridgehead atoms. The van der Waals surface area contributed by atoms with Crippen LogP contribution in [0.1, 0.15) is 26.2 Å². The lowest BCUT2D eigenvalue weighted by Gasteiger charge is -2.37. The molecule has 0 aromatic carbocycles. The van der Waals surface area contributed by atoms with E-state index in [2.05, 4.69) is 11.0 Å². The maximum Gasteiger partial charge on any atom is 0.261 e. The smallest absolute Gasteiger partial charge is 0.261 e. The zero-order chi connectivity index (χ0) is 15.7. The largest absolute Gasteiger partial charge is 0.375 e. The molecule has 0 spiro atoms. The van der Waals surface area contributed by atoms with Crippen LogP contribution in [0.3, 0.4) is 0 Å². The molecule has 0 aromatic heterocycles. The summed E-state index contributed by atoms with van der Waals surface area (Å²) in [6, 6.07) is 2.22. The fourth-order valence-electron chi connectivity index (χ4n) is 2.38. The van der Waals surface area contributed by atoms with Crippen molar-refractivity contribution in [3.63, 3.8) is 0 Å². The minimum atomic E-state index is -2.50. The van der Waals surface area contributed by atoms with Gasteiger partial charge in [0.2, 0.25) is 5.91 Å². The number of nitriles is 1. The van der Waals surface area contributed by atoms with Crippen LogP contribution in [0.25, 0.3) is 0 Å². The van der Waals surface area contributed by atoms with Crippen molar-refractivity contribution in [2.45, 2.75) is 38.7 Å². The zero-order valence-electron chi connectivity index (χ0n) is 12.4. The molecule has 0 aliphatic carbocycles. The molecule has 1 aliphatic heterocycles. The van der Waals surface area contributed by atoms with Crippen LogP contribution in [0.15, 0.2) is 0 Å². The van der Waals surface area contributed by atoms with Gasteiger partial charge in [-0.15, -0.1) is 0 Å². The molecule has 0 N–H and O–H groups in total. The Hall–Kier alpha value is -1.26. The lowest BCUT2D eigenvalue weighted by Crippen LogP contribution is -2.51. The Morgan fingerprint density at radius 1 is 1.33 bits per heavy atom. The van der Waals surface area contributed by atoms with Gasteiger partial charge in [-0.3, -0.25) is 9.69 Å². The maximum absolute atomic E-state index is 11.9. The van der Waals surface area contributed by atoms with Gasteiger partial charge in [0.25, 0.3) is 6.43 Å². The third-order valence-electron chi connectivity index (χ3n) is 3.52. The molecule has 1 amide bonds. The molecular weight excluding hydrogens is 280 g/mol. The number of carbonyl (C=O) groups excluding carboxylic acids is 1. The van der Waals surface area contributed by atoms with Crippen molar-refractivity contribution >= 4 is 5.91 Å². The molecule has 120 valence electrons. The van der Waals surface area contributed by atoms with Gasteiger partial charge in [0.15, 0.2) is 0 Å². The van der Waals surface area contributed by atoms with Crippen molar-refractivity contribution in [3.05, 3.63) is 0 Å². The van der Waals surface area contributed by atoms with Crippen molar-refractivity contribution in [2.24, 2.45) is 0 Å². The number of piperazine rings is 1. The average Bonchev–Trinajstić information content (AvgIpc) is 2.49. The Labute approximate surface area is 124 Å². The van der Waals surface area contributed by atoms with Gasteiger partial charge in [0, 0.05) is 26.2 Å². The Balaban J connectivity index is 2.25. The molecule has 1 unspecified atom stereocenters. The monoisotopic (exact) mass is 303 g/mol. The first-order chi connectivity index (χ1) is 10.1. The first-order valence-corrected chi connectivity index (χ1v) is 7.35. The number of alkyl halides is 2. The summed E-state index contributed by atoms with van der Waals surface area (Å²) < 4.78 is 28.5. The highest BCUT2D eigenvalue weighted by atomic mass is 19.3. The van der Waals surface area contributed by atoms with Crippen molar-refractivity contribution in [2.75, 3.05) is 39.4 Å². The lowest BCUT2D eigenvalue weighted by atomic mass is 10.1. The summed E-state index contributed by atoms with van der Waals surface area (Å²) >= 11 is 0. The number of amides is 1. The van der Waals surface area contributed by atoms with Gasteiger partial charge >= 0.3 is 0 Å². The van der Waals surface area contributed by atoms with Crippen molar-refractivity contribution in [3.8, 4) is 6.07 Å². The third-order valence-corrected chi connectivity index (χ3v) is 3.52. The molecule has 7 heteroatoms. The van der Waals surface area contributed by atoms with Crippen LogP contribution < -0.4 is 0 Å². The van der Waals surface area contributed by atoms with Crippen molar-refractivity contribution < 1.29 is 18.3 Å². The van der Waals surface area contributed by atoms with Crippen LogP contribution in [0.4, 0.5) is 8.78 Å². The summed E-state index contributed by atoms with van der Waals surface area (Å²) in [7, 11) is 0. The van der Waals surface area contributed by atoms with Gasteiger partial charge in [-0.1, -0.05) is 13.3 Å². The van der Waals surface area contributed by atoms with Gasteiger partial charge in [0.1, 0.15) is 6.61 Å². The van der Waals surface area contributed by atoms with Crippen molar-refractivity contribution in [1.29, 1.82) is 5.26 Å². The molecule has 1 saturated heterocycles. The number of carbonyl (C=O) groups is 1. The fourth-order valence-corrected chi connectivity index (χ4v) is 2.38. The van der Waals surface area contributed by atoms with E-state index < -0.39 is 13.0 Å². The Kier molecular flexibility index (Phi) is 8.16. The molecule has 1 fully saturated rings. The molecule has 1 atom stereocenters. The van der Waals surface area contributed by atoms with Gasteiger partial charge in [-0.2, -0.15) is 5.26 Å². The molecule has 0 radical (unpaired) electrons. The summed E-state index contributed by atoms with van der Waals surface area (Å²) in [5.74, 6) is -0.0760. The number of nitrogens with zero attached hydrogens (tertiary/aromatic N) is 3. The Bertz CT molecular complexity index is 353. The molecule has 21 heavy (non-hydrogen) atoms. The van der Waals surface area contributed by atoms with E-state index in [9.17, 15) is 13.6 Å². The summed E-state index contributed by atoms with van der Waals surface area (Å²) in [5, 5.41) is 9.12. The van der Waals surface area contributed by atoms with E-state index in [1.165, 1.54) is 0 Å². The molecule has 0 saturated carbocycles. The second-order valence-electron chi connectivity index (χ2n) is 5.07. The lowest BCUT2D eigenvalue weighted by molar-refractivity contribution is -0.134. The average molecular weight is 303 g/mol. The molecule has 0 aromatic rings. The number of halogens is 2. The second kappa shape index (κ2) is 9.64. The third kappa shape index (κ3) is 6.36. The van der Waals surface area contributed by atoms with E-state index in [0.29, 0.717) is 26.2 Å². The summed E-state index contributed by atoms with van der Waals surface area (Å²) in [4.78, 5) is 15.7. The number of hydrogen-bond acceptors (Lipinski definition) is 4. The van der Waals surface area contributed by atoms with E-state index in [1.54, 1.807) is 4.90 Å². The quantitative estimate of drug-likeness (QED) is 0.638. The van der Waals surface area contributed by atoms with Gasteiger partial charge in [-0.25, -0.2) is 8.78 Å². The first-order valence-electron chi connectivity index (χ1n) is 7.35. The fraction of sp³-hybridized carbons (Fsp3) is 0.857. The van der Waals surface area contributed by atoms with E-state index in [0.717, 1.165) is 12.8 Å². The zero-order valence-corrected chi connectivity index (χ0v) is 12.4. The van der Waals surface area contributed by atoms with Crippen LogP contribution >= 0.6 is 0 Å². The van der Waals surface area contributed by atoms with Crippen LogP contribution in [0.5, 0.6) is 0 Å². The van der Waals surface area contributed by atoms with E-state index in [-0.39, 0.29) is 25.0 Å². The molecule has 1 heterocycles. The summed E-state index contributed by atoms with van der Waals surface area (Å²) in [6.45, 7) is 3.97. The van der Waals surface area contributed by atoms with Crippen LogP contribution in [-0.2, 0) is 9.53 Å². The van der Waals surface area contributed by atoms with E-state index in [4.69, 9.17) is 10.00 Å². The SMILES string of the molecule is CCCC(C#N)N1CCN(C(=O)CCOCC(F)F)CC1. The van der Waals surface area contributed by atoms with E-state index >= 15 is 0 Å². The summed E-state index contributed by atoms with van der Waals surface area (Å²) in [5.41, 5.74) is 0. The van der Waals surface area contributed by atoms with Gasteiger partial charge in [-0.05, 0) is 6.42 Å². The molecular formula is C14H23F2N3O2. The molecule has 5 nitrogen and oxygen atoms in total. The number of hydrogen-bond donors (Lipinski definition) is 0. The topological polar surface area (TPSA) is 56.6 Å². The number of rotatable bonds is 8. The highest BCUT2D eigenvalue weighted by molar-refractivity contribution is 5.76. The van der Waals surface area contributed by atoms with E-state index in [1.807, 2.05) is 6.92 Å². The first kappa shape index (κ1) is 17.8. The van der Waals surface area contributed by atoms with Crippen molar-refractivity contribution in [1.82, 2.24) is 9.80 Å². The Morgan fingerprint density at radius 3 is 2.52 bits per heavy atom. The maximum atomic E-state index is 11.9. The second-order valence-corrected chi connectivity index (χ2v) is 5.07. The highest BCUT2D eigenvalue weighted by Crippen LogP contribution is 2.11. The predicted molar refractivity (Wildman–Crippen MR) is 73.9 cm³/mol. The summed E-state index contributed by atoms with van der Waals surface area (Å²) in [6.07, 6.45) is -0.571. The number of ether oxygens (including phenoxy) is 1. The highest BCUT2D eigenvalue weighted by Gasteiger charge is 2.25. The van der Waals surface area contributed by atoms with Crippen LogP contribution in [0, 0.1) is 11.3 Å².